The molecule has 0 radical (unpaired) electrons. The maximum atomic E-state index is 12.2. The summed E-state index contributed by atoms with van der Waals surface area (Å²) in [6.07, 6.45) is 6.13. The summed E-state index contributed by atoms with van der Waals surface area (Å²) in [5, 5.41) is 0. The van der Waals surface area contributed by atoms with Gasteiger partial charge in [-0.05, 0) is 38.6 Å². The molecule has 3 unspecified atom stereocenters. The summed E-state index contributed by atoms with van der Waals surface area (Å²) in [5.74, 6) is 0.852. The zero-order valence-electron chi connectivity index (χ0n) is 12.7. The molecule has 3 atom stereocenters. The maximum Gasteiger partial charge on any atom is 0.222 e. The minimum absolute atomic E-state index is 0.171. The number of rotatable bonds is 8. The number of nitrogens with zero attached hydrogens (tertiary/aromatic N) is 1. The smallest absolute Gasteiger partial charge is 0.222 e. The monoisotopic (exact) mass is 270 g/mol. The minimum atomic E-state index is 0.171. The molecule has 0 bridgehead atoms. The van der Waals surface area contributed by atoms with Crippen molar-refractivity contribution < 1.29 is 9.53 Å². The number of likely N-dealkylation sites (N-methyl/N-ethyl adjacent to an activating group) is 1. The molecule has 2 N–H and O–H groups in total. The predicted octanol–water partition coefficient (Wildman–Crippen LogP) is 2.17. The van der Waals surface area contributed by atoms with Gasteiger partial charge in [-0.2, -0.15) is 0 Å². The van der Waals surface area contributed by atoms with Crippen LogP contribution in [0.2, 0.25) is 0 Å². The fourth-order valence-corrected chi connectivity index (χ4v) is 2.99. The van der Waals surface area contributed by atoms with Gasteiger partial charge in [-0.15, -0.1) is 0 Å². The van der Waals surface area contributed by atoms with Gasteiger partial charge in [-0.3, -0.25) is 4.79 Å². The Morgan fingerprint density at radius 2 is 2.16 bits per heavy atom. The molecule has 112 valence electrons. The van der Waals surface area contributed by atoms with E-state index in [4.69, 9.17) is 10.5 Å². The predicted molar refractivity (Wildman–Crippen MR) is 77.9 cm³/mol. The van der Waals surface area contributed by atoms with Crippen LogP contribution in [0.4, 0.5) is 0 Å². The van der Waals surface area contributed by atoms with Gasteiger partial charge in [0.05, 0.1) is 12.1 Å². The van der Waals surface area contributed by atoms with Crippen LogP contribution in [0.5, 0.6) is 0 Å². The van der Waals surface area contributed by atoms with Crippen molar-refractivity contribution in [1.29, 1.82) is 0 Å². The van der Waals surface area contributed by atoms with E-state index < -0.39 is 0 Å². The van der Waals surface area contributed by atoms with Crippen LogP contribution in [0.15, 0.2) is 0 Å². The summed E-state index contributed by atoms with van der Waals surface area (Å²) >= 11 is 0. The Labute approximate surface area is 117 Å². The van der Waals surface area contributed by atoms with E-state index in [2.05, 4.69) is 13.8 Å². The Bertz CT molecular complexity index is 265. The van der Waals surface area contributed by atoms with Crippen molar-refractivity contribution >= 4 is 5.91 Å². The van der Waals surface area contributed by atoms with Crippen molar-refractivity contribution in [3.8, 4) is 0 Å². The Morgan fingerprint density at radius 1 is 1.42 bits per heavy atom. The van der Waals surface area contributed by atoms with Gasteiger partial charge in [0.1, 0.15) is 0 Å². The van der Waals surface area contributed by atoms with Crippen LogP contribution in [0, 0.1) is 5.92 Å². The second-order valence-corrected chi connectivity index (χ2v) is 5.71. The van der Waals surface area contributed by atoms with Crippen molar-refractivity contribution in [1.82, 2.24) is 4.90 Å². The Hall–Kier alpha value is -0.610. The average molecular weight is 270 g/mol. The van der Waals surface area contributed by atoms with E-state index >= 15 is 0 Å². The van der Waals surface area contributed by atoms with Crippen LogP contribution in [0.3, 0.4) is 0 Å². The molecule has 1 heterocycles. The quantitative estimate of drug-likeness (QED) is 0.735. The van der Waals surface area contributed by atoms with Crippen LogP contribution >= 0.6 is 0 Å². The lowest BCUT2D eigenvalue weighted by Gasteiger charge is -2.27. The van der Waals surface area contributed by atoms with E-state index in [0.29, 0.717) is 12.3 Å². The summed E-state index contributed by atoms with van der Waals surface area (Å²) in [5.41, 5.74) is 5.63. The maximum absolute atomic E-state index is 12.2. The average Bonchev–Trinajstić information content (AvgIpc) is 2.81. The van der Waals surface area contributed by atoms with Crippen LogP contribution < -0.4 is 5.73 Å². The molecule has 0 aromatic carbocycles. The van der Waals surface area contributed by atoms with Crippen molar-refractivity contribution in [2.75, 3.05) is 20.2 Å². The van der Waals surface area contributed by atoms with Crippen molar-refractivity contribution in [2.24, 2.45) is 11.7 Å². The highest BCUT2D eigenvalue weighted by Gasteiger charge is 2.30. The zero-order valence-corrected chi connectivity index (χ0v) is 12.7. The topological polar surface area (TPSA) is 55.6 Å². The van der Waals surface area contributed by atoms with E-state index in [9.17, 15) is 4.79 Å². The summed E-state index contributed by atoms with van der Waals surface area (Å²) < 4.78 is 5.53. The van der Waals surface area contributed by atoms with Crippen molar-refractivity contribution in [3.05, 3.63) is 0 Å². The molecular formula is C15H30N2O2. The SMILES string of the molecule is CCCC(CCN)CCC(=O)N(C)C1CCOC1C. The second kappa shape index (κ2) is 8.54. The van der Waals surface area contributed by atoms with Crippen LogP contribution in [0.1, 0.15) is 52.4 Å². The zero-order chi connectivity index (χ0) is 14.3. The largest absolute Gasteiger partial charge is 0.376 e. The molecule has 1 fully saturated rings. The third-order valence-electron chi connectivity index (χ3n) is 4.27. The normalized spacial score (nSPS) is 24.4. The van der Waals surface area contributed by atoms with Gasteiger partial charge in [0.15, 0.2) is 0 Å². The van der Waals surface area contributed by atoms with Crippen molar-refractivity contribution in [3.63, 3.8) is 0 Å². The molecule has 0 saturated carbocycles. The fourth-order valence-electron chi connectivity index (χ4n) is 2.99. The van der Waals surface area contributed by atoms with Crippen LogP contribution in [-0.2, 0) is 9.53 Å². The van der Waals surface area contributed by atoms with E-state index in [1.54, 1.807) is 0 Å². The first-order chi connectivity index (χ1) is 9.10. The summed E-state index contributed by atoms with van der Waals surface area (Å²) in [6.45, 7) is 5.74. The first-order valence-corrected chi connectivity index (χ1v) is 7.67. The molecule has 0 aliphatic carbocycles. The summed E-state index contributed by atoms with van der Waals surface area (Å²) in [4.78, 5) is 14.1. The molecule has 4 nitrogen and oxygen atoms in total. The first kappa shape index (κ1) is 16.4. The van der Waals surface area contributed by atoms with Gasteiger partial charge < -0.3 is 15.4 Å². The van der Waals surface area contributed by atoms with Gasteiger partial charge in [0.2, 0.25) is 5.91 Å². The third kappa shape index (κ3) is 5.11. The van der Waals surface area contributed by atoms with E-state index in [-0.39, 0.29) is 18.1 Å². The molecule has 0 aromatic heterocycles. The van der Waals surface area contributed by atoms with Crippen LogP contribution in [-0.4, -0.2) is 43.2 Å². The van der Waals surface area contributed by atoms with Crippen molar-refractivity contribution in [2.45, 2.75) is 64.5 Å². The highest BCUT2D eigenvalue weighted by molar-refractivity contribution is 5.76. The molecule has 1 aliphatic rings. The molecule has 1 amide bonds. The molecule has 1 aliphatic heterocycles. The fraction of sp³-hybridized carbons (Fsp3) is 0.933. The number of nitrogens with two attached hydrogens (primary N) is 1. The number of carbonyl (C=O) groups is 1. The van der Waals surface area contributed by atoms with Gasteiger partial charge in [0, 0.05) is 20.1 Å². The Morgan fingerprint density at radius 3 is 2.68 bits per heavy atom. The highest BCUT2D eigenvalue weighted by atomic mass is 16.5. The first-order valence-electron chi connectivity index (χ1n) is 7.67. The number of hydrogen-bond acceptors (Lipinski definition) is 3. The standard InChI is InChI=1S/C15H30N2O2/c1-4-5-13(8-10-16)6-7-15(18)17(3)14-9-11-19-12(14)2/h12-14H,4-11,16H2,1-3H3. The number of hydrogen-bond donors (Lipinski definition) is 1. The molecule has 4 heteroatoms. The van der Waals surface area contributed by atoms with Gasteiger partial charge >= 0.3 is 0 Å². The molecule has 1 rings (SSSR count). The highest BCUT2D eigenvalue weighted by Crippen LogP contribution is 2.21. The number of ether oxygens (including phenoxy) is 1. The Kier molecular flexibility index (Phi) is 7.39. The molecule has 0 aromatic rings. The van der Waals surface area contributed by atoms with Crippen LogP contribution in [0.25, 0.3) is 0 Å². The van der Waals surface area contributed by atoms with E-state index in [1.807, 2.05) is 11.9 Å². The lowest BCUT2D eigenvalue weighted by molar-refractivity contribution is -0.133. The molecule has 0 spiro atoms. The lowest BCUT2D eigenvalue weighted by atomic mass is 9.94. The number of carbonyl (C=O) groups excluding carboxylic acids is 1. The minimum Gasteiger partial charge on any atom is -0.376 e. The lowest BCUT2D eigenvalue weighted by Crippen LogP contribution is -2.41. The van der Waals surface area contributed by atoms with E-state index in [0.717, 1.165) is 32.4 Å². The summed E-state index contributed by atoms with van der Waals surface area (Å²) in [6, 6.07) is 0.256. The van der Waals surface area contributed by atoms with Gasteiger partial charge in [-0.1, -0.05) is 19.8 Å². The number of amides is 1. The van der Waals surface area contributed by atoms with Gasteiger partial charge in [0.25, 0.3) is 0 Å². The molecule has 1 saturated heterocycles. The Balaban J connectivity index is 2.36. The second-order valence-electron chi connectivity index (χ2n) is 5.71. The van der Waals surface area contributed by atoms with E-state index in [1.165, 1.54) is 12.8 Å². The molecule has 19 heavy (non-hydrogen) atoms. The summed E-state index contributed by atoms with van der Waals surface area (Å²) in [7, 11) is 1.91. The van der Waals surface area contributed by atoms with Gasteiger partial charge in [-0.25, -0.2) is 0 Å². The third-order valence-corrected chi connectivity index (χ3v) is 4.27. The molecular weight excluding hydrogens is 240 g/mol.